The molecule has 0 aliphatic carbocycles. The maximum Gasteiger partial charge on any atom is 0.230 e. The van der Waals surface area contributed by atoms with Gasteiger partial charge in [0, 0.05) is 26.2 Å². The van der Waals surface area contributed by atoms with Crippen molar-refractivity contribution < 1.29 is 9.53 Å². The summed E-state index contributed by atoms with van der Waals surface area (Å²) in [5.74, 6) is 0.423. The molecule has 0 bridgehead atoms. The maximum absolute atomic E-state index is 11.9. The molecule has 0 radical (unpaired) electrons. The molecule has 1 saturated heterocycles. The zero-order valence-electron chi connectivity index (χ0n) is 13.9. The Balaban J connectivity index is 1.38. The minimum atomic E-state index is -0.0721. The number of carbonyl (C=O) groups is 1. The summed E-state index contributed by atoms with van der Waals surface area (Å²) in [5.41, 5.74) is 6.73. The first kappa shape index (κ1) is 17.7. The van der Waals surface area contributed by atoms with Crippen LogP contribution in [-0.2, 0) is 16.1 Å². The molecule has 0 spiro atoms. The topological polar surface area (TPSA) is 109 Å². The molecular formula is C16H22N6O2S. The molecule has 0 saturated carbocycles. The van der Waals surface area contributed by atoms with Gasteiger partial charge >= 0.3 is 0 Å². The lowest BCUT2D eigenvalue weighted by Crippen LogP contribution is -2.47. The van der Waals surface area contributed by atoms with Gasteiger partial charge in [-0.25, -0.2) is 5.10 Å². The van der Waals surface area contributed by atoms with Crippen LogP contribution in [0.2, 0.25) is 0 Å². The van der Waals surface area contributed by atoms with Crippen LogP contribution in [0.4, 0.5) is 5.95 Å². The third-order valence-corrected chi connectivity index (χ3v) is 4.66. The van der Waals surface area contributed by atoms with Crippen molar-refractivity contribution in [3.05, 3.63) is 35.9 Å². The van der Waals surface area contributed by atoms with Gasteiger partial charge < -0.3 is 15.8 Å². The smallest absolute Gasteiger partial charge is 0.230 e. The van der Waals surface area contributed by atoms with Crippen LogP contribution in [0.1, 0.15) is 5.56 Å². The summed E-state index contributed by atoms with van der Waals surface area (Å²) >= 11 is 1.24. The van der Waals surface area contributed by atoms with Gasteiger partial charge in [-0.1, -0.05) is 42.1 Å². The van der Waals surface area contributed by atoms with Gasteiger partial charge in [0.05, 0.1) is 18.5 Å². The molecule has 4 N–H and O–H groups in total. The molecule has 8 nitrogen and oxygen atoms in total. The number of aromatic nitrogens is 3. The first-order chi connectivity index (χ1) is 12.2. The predicted molar refractivity (Wildman–Crippen MR) is 96.0 cm³/mol. The Morgan fingerprint density at radius 1 is 1.44 bits per heavy atom. The second-order valence-electron chi connectivity index (χ2n) is 5.81. The summed E-state index contributed by atoms with van der Waals surface area (Å²) in [6.07, 6.45) is 0.00515. The first-order valence-electron chi connectivity index (χ1n) is 8.14. The van der Waals surface area contributed by atoms with Gasteiger partial charge in [0.1, 0.15) is 0 Å². The van der Waals surface area contributed by atoms with E-state index in [4.69, 9.17) is 10.5 Å². The van der Waals surface area contributed by atoms with Crippen molar-refractivity contribution in [1.29, 1.82) is 0 Å². The Morgan fingerprint density at radius 3 is 3.04 bits per heavy atom. The molecule has 2 aromatic rings. The molecule has 3 rings (SSSR count). The molecular weight excluding hydrogens is 340 g/mol. The van der Waals surface area contributed by atoms with E-state index in [-0.39, 0.29) is 23.7 Å². The van der Waals surface area contributed by atoms with E-state index in [1.807, 2.05) is 18.2 Å². The molecule has 1 aliphatic rings. The van der Waals surface area contributed by atoms with E-state index in [1.165, 1.54) is 17.3 Å². The lowest BCUT2D eigenvalue weighted by Gasteiger charge is -2.33. The normalized spacial score (nSPS) is 18.2. The van der Waals surface area contributed by atoms with Gasteiger partial charge in [-0.05, 0) is 5.56 Å². The van der Waals surface area contributed by atoms with E-state index in [2.05, 4.69) is 37.5 Å². The van der Waals surface area contributed by atoms with Gasteiger partial charge in [-0.15, -0.1) is 5.10 Å². The Bertz CT molecular complexity index is 680. The molecule has 9 heteroatoms. The highest BCUT2D eigenvalue weighted by molar-refractivity contribution is 7.99. The number of nitrogen functional groups attached to an aromatic ring is 1. The number of hydrogen-bond acceptors (Lipinski definition) is 7. The van der Waals surface area contributed by atoms with Crippen molar-refractivity contribution in [2.24, 2.45) is 0 Å². The highest BCUT2D eigenvalue weighted by Crippen LogP contribution is 2.13. The summed E-state index contributed by atoms with van der Waals surface area (Å²) in [6, 6.07) is 10.4. The molecule has 134 valence electrons. The third kappa shape index (κ3) is 5.73. The molecule has 1 aromatic heterocycles. The zero-order chi connectivity index (χ0) is 17.5. The predicted octanol–water partition coefficient (Wildman–Crippen LogP) is 0.496. The van der Waals surface area contributed by atoms with Crippen LogP contribution in [0.25, 0.3) is 0 Å². The number of amides is 1. The molecule has 2 heterocycles. The van der Waals surface area contributed by atoms with E-state index in [0.29, 0.717) is 18.3 Å². The molecule has 1 atom stereocenters. The maximum atomic E-state index is 11.9. The highest BCUT2D eigenvalue weighted by atomic mass is 32.2. The summed E-state index contributed by atoms with van der Waals surface area (Å²) in [6.45, 7) is 3.79. The number of nitrogens with zero attached hydrogens (tertiary/aromatic N) is 3. The van der Waals surface area contributed by atoms with Crippen molar-refractivity contribution >= 4 is 23.6 Å². The summed E-state index contributed by atoms with van der Waals surface area (Å²) in [5, 5.41) is 9.79. The van der Waals surface area contributed by atoms with E-state index < -0.39 is 0 Å². The summed E-state index contributed by atoms with van der Waals surface area (Å²) in [4.78, 5) is 18.2. The molecule has 1 fully saturated rings. The lowest BCUT2D eigenvalue weighted by atomic mass is 10.2. The number of H-pyrrole nitrogens is 1. The average Bonchev–Trinajstić information content (AvgIpc) is 3.05. The molecule has 1 aliphatic heterocycles. The van der Waals surface area contributed by atoms with Gasteiger partial charge in [0.25, 0.3) is 0 Å². The number of anilines is 1. The van der Waals surface area contributed by atoms with Crippen molar-refractivity contribution in [2.45, 2.75) is 17.8 Å². The van der Waals surface area contributed by atoms with Gasteiger partial charge in [-0.2, -0.15) is 4.98 Å². The van der Waals surface area contributed by atoms with E-state index in [1.54, 1.807) is 0 Å². The van der Waals surface area contributed by atoms with Crippen molar-refractivity contribution in [3.63, 3.8) is 0 Å². The monoisotopic (exact) mass is 362 g/mol. The molecule has 1 amide bonds. The van der Waals surface area contributed by atoms with E-state index in [9.17, 15) is 4.79 Å². The highest BCUT2D eigenvalue weighted by Gasteiger charge is 2.21. The lowest BCUT2D eigenvalue weighted by molar-refractivity contribution is -0.119. The fraction of sp³-hybridized carbons (Fsp3) is 0.438. The fourth-order valence-electron chi connectivity index (χ4n) is 2.62. The SMILES string of the molecule is Nc1nc(SCC(=O)NC[C@@H]2CN(Cc3ccccc3)CCO2)n[nH]1. The second-order valence-corrected chi connectivity index (χ2v) is 6.75. The number of benzene rings is 1. The minimum absolute atomic E-state index is 0.00515. The molecule has 1 aromatic carbocycles. The minimum Gasteiger partial charge on any atom is -0.374 e. The first-order valence-corrected chi connectivity index (χ1v) is 9.13. The van der Waals surface area contributed by atoms with Gasteiger partial charge in [0.2, 0.25) is 17.0 Å². The van der Waals surface area contributed by atoms with E-state index in [0.717, 1.165) is 19.6 Å². The Labute approximate surface area is 150 Å². The van der Waals surface area contributed by atoms with Crippen molar-refractivity contribution in [2.75, 3.05) is 37.7 Å². The number of carbonyl (C=O) groups excluding carboxylic acids is 1. The second kappa shape index (κ2) is 8.84. The van der Waals surface area contributed by atoms with Crippen LogP contribution in [-0.4, -0.2) is 64.1 Å². The fourth-order valence-corrected chi connectivity index (χ4v) is 3.26. The van der Waals surface area contributed by atoms with Crippen LogP contribution in [0.3, 0.4) is 0 Å². The number of nitrogens with one attached hydrogen (secondary N) is 2. The number of ether oxygens (including phenoxy) is 1. The largest absolute Gasteiger partial charge is 0.374 e. The van der Waals surface area contributed by atoms with Crippen LogP contribution in [0.5, 0.6) is 0 Å². The summed E-state index contributed by atoms with van der Waals surface area (Å²) < 4.78 is 5.75. The van der Waals surface area contributed by atoms with Crippen LogP contribution < -0.4 is 11.1 Å². The van der Waals surface area contributed by atoms with Crippen LogP contribution in [0.15, 0.2) is 35.5 Å². The summed E-state index contributed by atoms with van der Waals surface area (Å²) in [7, 11) is 0. The number of rotatable bonds is 7. The quantitative estimate of drug-likeness (QED) is 0.615. The number of hydrogen-bond donors (Lipinski definition) is 3. The number of aromatic amines is 1. The van der Waals surface area contributed by atoms with Gasteiger partial charge in [-0.3, -0.25) is 9.69 Å². The Kier molecular flexibility index (Phi) is 6.26. The molecule has 25 heavy (non-hydrogen) atoms. The van der Waals surface area contributed by atoms with Crippen molar-refractivity contribution in [1.82, 2.24) is 25.4 Å². The number of morpholine rings is 1. The van der Waals surface area contributed by atoms with Gasteiger partial charge in [0.15, 0.2) is 0 Å². The third-order valence-electron chi connectivity index (χ3n) is 3.81. The Hall–Kier alpha value is -2.10. The number of thioether (sulfide) groups is 1. The standard InChI is InChI=1S/C16H22N6O2S/c17-15-19-16(21-20-15)25-11-14(23)18-8-13-10-22(6-7-24-13)9-12-4-2-1-3-5-12/h1-5,13H,6-11H2,(H,18,23)(H3,17,19,20,21)/t13-/m1/s1. The van der Waals surface area contributed by atoms with Crippen LogP contribution in [0, 0.1) is 0 Å². The Morgan fingerprint density at radius 2 is 2.28 bits per heavy atom. The van der Waals surface area contributed by atoms with Crippen LogP contribution >= 0.6 is 11.8 Å². The van der Waals surface area contributed by atoms with Crippen molar-refractivity contribution in [3.8, 4) is 0 Å². The average molecular weight is 362 g/mol. The zero-order valence-corrected chi connectivity index (χ0v) is 14.7. The number of nitrogens with two attached hydrogens (primary N) is 1. The van der Waals surface area contributed by atoms with E-state index >= 15 is 0 Å². The molecule has 0 unspecified atom stereocenters.